The molecule has 0 spiro atoms. The van der Waals surface area contributed by atoms with Crippen molar-refractivity contribution in [1.29, 1.82) is 0 Å². The Bertz CT molecular complexity index is 652. The maximum absolute atomic E-state index is 11.5. The third-order valence-corrected chi connectivity index (χ3v) is 3.67. The van der Waals surface area contributed by atoms with Crippen molar-refractivity contribution in [2.24, 2.45) is 0 Å². The molecule has 1 aromatic heterocycles. The molecule has 1 aliphatic rings. The van der Waals surface area contributed by atoms with E-state index in [1.165, 1.54) is 0 Å². The van der Waals surface area contributed by atoms with E-state index >= 15 is 0 Å². The van der Waals surface area contributed by atoms with Crippen molar-refractivity contribution in [2.45, 2.75) is 25.7 Å². The number of halogens is 1. The van der Waals surface area contributed by atoms with Gasteiger partial charge in [0, 0.05) is 16.1 Å². The normalized spacial score (nSPS) is 14.5. The standard InChI is InChI=1S/C14H12ClNO2/c15-8-5-6-12-10(7-8)13(14(17)18)9-3-1-2-4-11(9)16-12/h5-7H,1-4H2,(H,17,18). The van der Waals surface area contributed by atoms with Crippen LogP contribution in [0, 0.1) is 0 Å². The van der Waals surface area contributed by atoms with Crippen LogP contribution in [-0.2, 0) is 12.8 Å². The summed E-state index contributed by atoms with van der Waals surface area (Å²) in [5.74, 6) is -0.886. The minimum absolute atomic E-state index is 0.386. The van der Waals surface area contributed by atoms with E-state index in [0.29, 0.717) is 16.0 Å². The summed E-state index contributed by atoms with van der Waals surface area (Å²) in [6.45, 7) is 0. The van der Waals surface area contributed by atoms with E-state index in [2.05, 4.69) is 4.98 Å². The highest BCUT2D eigenvalue weighted by Crippen LogP contribution is 2.30. The molecular formula is C14H12ClNO2. The summed E-state index contributed by atoms with van der Waals surface area (Å²) in [6, 6.07) is 5.24. The lowest BCUT2D eigenvalue weighted by atomic mass is 9.90. The minimum Gasteiger partial charge on any atom is -0.478 e. The van der Waals surface area contributed by atoms with Crippen LogP contribution in [0.3, 0.4) is 0 Å². The molecule has 3 rings (SSSR count). The fourth-order valence-corrected chi connectivity index (χ4v) is 2.81. The van der Waals surface area contributed by atoms with Gasteiger partial charge >= 0.3 is 5.97 Å². The number of fused-ring (bicyclic) bond motifs is 2. The van der Waals surface area contributed by atoms with E-state index in [4.69, 9.17) is 11.6 Å². The van der Waals surface area contributed by atoms with Crippen LogP contribution in [0.1, 0.15) is 34.5 Å². The number of aryl methyl sites for hydroxylation is 1. The third kappa shape index (κ3) is 1.75. The van der Waals surface area contributed by atoms with Crippen LogP contribution in [0.4, 0.5) is 0 Å². The molecule has 1 N–H and O–H groups in total. The molecule has 92 valence electrons. The number of carbonyl (C=O) groups is 1. The number of carboxylic acids is 1. The van der Waals surface area contributed by atoms with Crippen LogP contribution in [0.5, 0.6) is 0 Å². The summed E-state index contributed by atoms with van der Waals surface area (Å²) < 4.78 is 0. The highest BCUT2D eigenvalue weighted by molar-refractivity contribution is 6.31. The molecule has 0 amide bonds. The van der Waals surface area contributed by atoms with Crippen molar-refractivity contribution in [3.63, 3.8) is 0 Å². The van der Waals surface area contributed by atoms with Crippen LogP contribution in [0.25, 0.3) is 10.9 Å². The van der Waals surface area contributed by atoms with Crippen molar-refractivity contribution >= 4 is 28.5 Å². The average Bonchev–Trinajstić information content (AvgIpc) is 2.35. The van der Waals surface area contributed by atoms with E-state index in [-0.39, 0.29) is 0 Å². The minimum atomic E-state index is -0.886. The molecule has 4 heteroatoms. The van der Waals surface area contributed by atoms with Crippen molar-refractivity contribution < 1.29 is 9.90 Å². The first-order chi connectivity index (χ1) is 8.66. The second-order valence-electron chi connectivity index (χ2n) is 4.59. The number of aromatic nitrogens is 1. The summed E-state index contributed by atoms with van der Waals surface area (Å²) >= 11 is 5.96. The zero-order valence-corrected chi connectivity index (χ0v) is 10.5. The fraction of sp³-hybridized carbons (Fsp3) is 0.286. The largest absolute Gasteiger partial charge is 0.478 e. The Morgan fingerprint density at radius 2 is 2.06 bits per heavy atom. The Morgan fingerprint density at radius 1 is 1.28 bits per heavy atom. The predicted molar refractivity (Wildman–Crippen MR) is 70.4 cm³/mol. The maximum atomic E-state index is 11.5. The highest BCUT2D eigenvalue weighted by Gasteiger charge is 2.22. The molecule has 1 aromatic carbocycles. The number of pyridine rings is 1. The SMILES string of the molecule is O=C(O)c1c2c(nc3ccc(Cl)cc13)CCCC2. The lowest BCUT2D eigenvalue weighted by Crippen LogP contribution is -2.13. The van der Waals surface area contributed by atoms with Gasteiger partial charge in [0.25, 0.3) is 0 Å². The number of aromatic carboxylic acids is 1. The van der Waals surface area contributed by atoms with Gasteiger partial charge < -0.3 is 5.11 Å². The van der Waals surface area contributed by atoms with Crippen LogP contribution in [-0.4, -0.2) is 16.1 Å². The van der Waals surface area contributed by atoms with Gasteiger partial charge in [-0.3, -0.25) is 4.98 Å². The van der Waals surface area contributed by atoms with Crippen molar-refractivity contribution in [1.82, 2.24) is 4.98 Å². The smallest absolute Gasteiger partial charge is 0.336 e. The predicted octanol–water partition coefficient (Wildman–Crippen LogP) is 3.47. The van der Waals surface area contributed by atoms with Gasteiger partial charge in [-0.05, 0) is 49.4 Å². The topological polar surface area (TPSA) is 50.2 Å². The molecule has 1 heterocycles. The summed E-state index contributed by atoms with van der Waals surface area (Å²) in [6.07, 6.45) is 3.78. The average molecular weight is 262 g/mol. The van der Waals surface area contributed by atoms with Crippen molar-refractivity contribution in [2.75, 3.05) is 0 Å². The molecule has 3 nitrogen and oxygen atoms in total. The molecule has 18 heavy (non-hydrogen) atoms. The zero-order valence-electron chi connectivity index (χ0n) is 9.74. The number of carboxylic acid groups (broad SMARTS) is 1. The summed E-state index contributed by atoms with van der Waals surface area (Å²) in [5, 5.41) is 10.7. The molecule has 1 aliphatic carbocycles. The molecule has 0 bridgehead atoms. The van der Waals surface area contributed by atoms with Gasteiger partial charge in [-0.25, -0.2) is 4.79 Å². The molecule has 0 saturated carbocycles. The van der Waals surface area contributed by atoms with Gasteiger partial charge in [-0.2, -0.15) is 0 Å². The van der Waals surface area contributed by atoms with E-state index in [9.17, 15) is 9.90 Å². The number of hydrogen-bond acceptors (Lipinski definition) is 2. The molecule has 0 fully saturated rings. The van der Waals surface area contributed by atoms with Crippen molar-refractivity contribution in [3.05, 3.63) is 40.0 Å². The molecule has 0 unspecified atom stereocenters. The molecule has 0 saturated heterocycles. The Hall–Kier alpha value is -1.61. The molecule has 0 aliphatic heterocycles. The molecule has 2 aromatic rings. The van der Waals surface area contributed by atoms with E-state index < -0.39 is 5.97 Å². The zero-order chi connectivity index (χ0) is 12.7. The van der Waals surface area contributed by atoms with E-state index in [0.717, 1.165) is 42.5 Å². The second-order valence-corrected chi connectivity index (χ2v) is 5.02. The monoisotopic (exact) mass is 261 g/mol. The van der Waals surface area contributed by atoms with E-state index in [1.807, 2.05) is 0 Å². The fourth-order valence-electron chi connectivity index (χ4n) is 2.64. The lowest BCUT2D eigenvalue weighted by Gasteiger charge is -2.18. The van der Waals surface area contributed by atoms with Gasteiger partial charge in [0.15, 0.2) is 0 Å². The van der Waals surface area contributed by atoms with Gasteiger partial charge in [-0.15, -0.1) is 0 Å². The maximum Gasteiger partial charge on any atom is 0.336 e. The first-order valence-electron chi connectivity index (χ1n) is 6.01. The first kappa shape index (κ1) is 11.5. The first-order valence-corrected chi connectivity index (χ1v) is 6.39. The quantitative estimate of drug-likeness (QED) is 0.855. The molecule has 0 atom stereocenters. The molecule has 0 radical (unpaired) electrons. The lowest BCUT2D eigenvalue weighted by molar-refractivity contribution is 0.0697. The molecular weight excluding hydrogens is 250 g/mol. The Labute approximate surface area is 109 Å². The van der Waals surface area contributed by atoms with Crippen LogP contribution in [0.15, 0.2) is 18.2 Å². The van der Waals surface area contributed by atoms with Gasteiger partial charge in [0.2, 0.25) is 0 Å². The number of benzene rings is 1. The van der Waals surface area contributed by atoms with Crippen LogP contribution < -0.4 is 0 Å². The van der Waals surface area contributed by atoms with Gasteiger partial charge in [0.05, 0.1) is 11.1 Å². The van der Waals surface area contributed by atoms with E-state index in [1.54, 1.807) is 18.2 Å². The van der Waals surface area contributed by atoms with Gasteiger partial charge in [0.1, 0.15) is 0 Å². The van der Waals surface area contributed by atoms with Crippen molar-refractivity contribution in [3.8, 4) is 0 Å². The second kappa shape index (κ2) is 4.25. The Balaban J connectivity index is 2.41. The summed E-state index contributed by atoms with van der Waals surface area (Å²) in [7, 11) is 0. The Kier molecular flexibility index (Phi) is 2.71. The number of nitrogens with zero attached hydrogens (tertiary/aromatic N) is 1. The number of rotatable bonds is 1. The van der Waals surface area contributed by atoms with Crippen LogP contribution >= 0.6 is 11.6 Å². The summed E-state index contributed by atoms with van der Waals surface area (Å²) in [4.78, 5) is 16.1. The number of hydrogen-bond donors (Lipinski definition) is 1. The highest BCUT2D eigenvalue weighted by atomic mass is 35.5. The van der Waals surface area contributed by atoms with Crippen LogP contribution in [0.2, 0.25) is 5.02 Å². The summed E-state index contributed by atoms with van der Waals surface area (Å²) in [5.41, 5.74) is 2.94. The Morgan fingerprint density at radius 3 is 2.83 bits per heavy atom. The third-order valence-electron chi connectivity index (χ3n) is 3.44. The van der Waals surface area contributed by atoms with Gasteiger partial charge in [-0.1, -0.05) is 11.6 Å².